The Hall–Kier alpha value is -2.00. The summed E-state index contributed by atoms with van der Waals surface area (Å²) in [5.74, 6) is -0.251. The number of piperazine rings is 1. The molecule has 2 aromatic rings. The van der Waals surface area contributed by atoms with Gasteiger partial charge in [-0.25, -0.2) is 8.42 Å². The molecule has 140 valence electrons. The van der Waals surface area contributed by atoms with Crippen LogP contribution in [0.3, 0.4) is 0 Å². The maximum absolute atomic E-state index is 13.1. The Balaban J connectivity index is 0.00000243. The van der Waals surface area contributed by atoms with Crippen LogP contribution in [-0.4, -0.2) is 50.3 Å². The van der Waals surface area contributed by atoms with E-state index in [-0.39, 0.29) is 29.3 Å². The topological polar surface area (TPSA) is 91.4 Å². The lowest BCUT2D eigenvalue weighted by Gasteiger charge is -2.35. The van der Waals surface area contributed by atoms with Gasteiger partial charge in [-0.15, -0.1) is 12.4 Å². The van der Waals surface area contributed by atoms with Gasteiger partial charge in [0.05, 0.1) is 10.9 Å². The summed E-state index contributed by atoms with van der Waals surface area (Å²) < 4.78 is 27.7. The highest BCUT2D eigenvalue weighted by atomic mass is 35.5. The van der Waals surface area contributed by atoms with Gasteiger partial charge in [-0.1, -0.05) is 6.07 Å². The van der Waals surface area contributed by atoms with Gasteiger partial charge in [0, 0.05) is 44.6 Å². The number of carbonyl (C=O) groups is 1. The molecule has 1 amide bonds. The van der Waals surface area contributed by atoms with Crippen molar-refractivity contribution < 1.29 is 13.2 Å². The molecule has 7 nitrogen and oxygen atoms in total. The molecule has 1 atom stereocenters. The molecule has 1 aliphatic rings. The Morgan fingerprint density at radius 3 is 2.62 bits per heavy atom. The minimum Gasteiger partial charge on any atom is -0.355 e. The van der Waals surface area contributed by atoms with Crippen LogP contribution in [0.15, 0.2) is 53.7 Å². The van der Waals surface area contributed by atoms with Gasteiger partial charge in [0.1, 0.15) is 0 Å². The molecule has 0 spiro atoms. The quantitative estimate of drug-likeness (QED) is 0.810. The van der Waals surface area contributed by atoms with Crippen molar-refractivity contribution in [2.45, 2.75) is 10.9 Å². The fourth-order valence-electron chi connectivity index (χ4n) is 2.89. The third-order valence-electron chi connectivity index (χ3n) is 4.21. The number of benzene rings is 1. The number of hydrogen-bond donors (Lipinski definition) is 2. The van der Waals surface area contributed by atoms with Crippen molar-refractivity contribution >= 4 is 28.3 Å². The summed E-state index contributed by atoms with van der Waals surface area (Å²) in [4.78, 5) is 15.9. The standard InChI is InChI=1S/C17H20N4O3S.ClH/c1-18-17(22)13-4-6-15(7-5-13)25(23,24)21-10-9-20-12-16(21)14-3-2-8-19-11-14;/h2-8,11,16,20H,9-10,12H2,1H3,(H,18,22);1H. The number of rotatable bonds is 4. The first-order valence-corrected chi connectivity index (χ1v) is 9.42. The maximum atomic E-state index is 13.1. The van der Waals surface area contributed by atoms with E-state index in [0.717, 1.165) is 5.56 Å². The van der Waals surface area contributed by atoms with Gasteiger partial charge in [0.2, 0.25) is 10.0 Å². The molecule has 2 N–H and O–H groups in total. The van der Waals surface area contributed by atoms with Gasteiger partial charge >= 0.3 is 0 Å². The van der Waals surface area contributed by atoms with Crippen LogP contribution in [0.1, 0.15) is 22.0 Å². The predicted octanol–water partition coefficient (Wildman–Crippen LogP) is 1.20. The summed E-state index contributed by atoms with van der Waals surface area (Å²) in [6, 6.07) is 9.35. The molecule has 1 fully saturated rings. The predicted molar refractivity (Wildman–Crippen MR) is 101 cm³/mol. The number of halogens is 1. The second-order valence-corrected chi connectivity index (χ2v) is 7.62. The van der Waals surface area contributed by atoms with Crippen molar-refractivity contribution in [2.75, 3.05) is 26.7 Å². The average molecular weight is 397 g/mol. The number of aromatic nitrogens is 1. The molecule has 9 heteroatoms. The van der Waals surface area contributed by atoms with E-state index >= 15 is 0 Å². The molecule has 1 aromatic carbocycles. The van der Waals surface area contributed by atoms with Crippen molar-refractivity contribution in [3.63, 3.8) is 0 Å². The largest absolute Gasteiger partial charge is 0.355 e. The smallest absolute Gasteiger partial charge is 0.251 e. The summed E-state index contributed by atoms with van der Waals surface area (Å²) >= 11 is 0. The lowest BCUT2D eigenvalue weighted by atomic mass is 10.1. The molecule has 1 saturated heterocycles. The van der Waals surface area contributed by atoms with E-state index < -0.39 is 10.0 Å². The number of sulfonamides is 1. The number of amides is 1. The Labute approximate surface area is 159 Å². The number of carbonyl (C=O) groups excluding carboxylic acids is 1. The highest BCUT2D eigenvalue weighted by molar-refractivity contribution is 7.89. The van der Waals surface area contributed by atoms with E-state index in [0.29, 0.717) is 25.2 Å². The first kappa shape index (κ1) is 20.3. The molecule has 1 unspecified atom stereocenters. The van der Waals surface area contributed by atoms with Crippen LogP contribution in [0, 0.1) is 0 Å². The van der Waals surface area contributed by atoms with E-state index in [1.54, 1.807) is 18.5 Å². The molecule has 0 radical (unpaired) electrons. The highest BCUT2D eigenvalue weighted by Crippen LogP contribution is 2.28. The SMILES string of the molecule is CNC(=O)c1ccc(S(=O)(=O)N2CCNCC2c2cccnc2)cc1.Cl. The molecule has 1 aromatic heterocycles. The van der Waals surface area contributed by atoms with Crippen LogP contribution in [0.25, 0.3) is 0 Å². The molecular formula is C17H21ClN4O3S. The monoisotopic (exact) mass is 396 g/mol. The Morgan fingerprint density at radius 1 is 1.27 bits per heavy atom. The molecule has 0 saturated carbocycles. The summed E-state index contributed by atoms with van der Waals surface area (Å²) in [5.41, 5.74) is 1.27. The average Bonchev–Trinajstić information content (AvgIpc) is 2.68. The Morgan fingerprint density at radius 2 is 2.00 bits per heavy atom. The fourth-order valence-corrected chi connectivity index (χ4v) is 4.50. The zero-order valence-corrected chi connectivity index (χ0v) is 15.9. The van der Waals surface area contributed by atoms with Gasteiger partial charge in [-0.05, 0) is 35.9 Å². The second-order valence-electron chi connectivity index (χ2n) is 5.73. The number of hydrogen-bond acceptors (Lipinski definition) is 5. The van der Waals surface area contributed by atoms with E-state index in [1.165, 1.54) is 35.6 Å². The molecule has 0 aliphatic carbocycles. The Bertz CT molecular complexity index is 844. The van der Waals surface area contributed by atoms with Crippen LogP contribution in [0.5, 0.6) is 0 Å². The van der Waals surface area contributed by atoms with Gasteiger partial charge in [0.25, 0.3) is 5.91 Å². The van der Waals surface area contributed by atoms with Crippen molar-refractivity contribution in [1.29, 1.82) is 0 Å². The first-order valence-electron chi connectivity index (χ1n) is 7.98. The van der Waals surface area contributed by atoms with Gasteiger partial charge in [0.15, 0.2) is 0 Å². The van der Waals surface area contributed by atoms with Crippen molar-refractivity contribution in [3.05, 3.63) is 59.9 Å². The lowest BCUT2D eigenvalue weighted by Crippen LogP contribution is -2.48. The molecular weight excluding hydrogens is 376 g/mol. The third kappa shape index (κ3) is 4.04. The zero-order chi connectivity index (χ0) is 17.9. The number of nitrogens with one attached hydrogen (secondary N) is 2. The van der Waals surface area contributed by atoms with Gasteiger partial charge in [-0.3, -0.25) is 9.78 Å². The van der Waals surface area contributed by atoms with Crippen LogP contribution in [0.4, 0.5) is 0 Å². The zero-order valence-electron chi connectivity index (χ0n) is 14.3. The fraction of sp³-hybridized carbons (Fsp3) is 0.294. The minimum absolute atomic E-state index is 0. The summed E-state index contributed by atoms with van der Waals surface area (Å²) in [6.07, 6.45) is 3.35. The minimum atomic E-state index is -3.67. The van der Waals surface area contributed by atoms with Crippen LogP contribution < -0.4 is 10.6 Å². The van der Waals surface area contributed by atoms with Crippen LogP contribution in [0.2, 0.25) is 0 Å². The molecule has 3 rings (SSSR count). The van der Waals surface area contributed by atoms with Gasteiger partial charge in [-0.2, -0.15) is 4.31 Å². The third-order valence-corrected chi connectivity index (χ3v) is 6.14. The maximum Gasteiger partial charge on any atom is 0.251 e. The molecule has 1 aliphatic heterocycles. The highest BCUT2D eigenvalue weighted by Gasteiger charge is 2.34. The molecule has 26 heavy (non-hydrogen) atoms. The van der Waals surface area contributed by atoms with Crippen LogP contribution >= 0.6 is 12.4 Å². The van der Waals surface area contributed by atoms with Crippen molar-refractivity contribution in [3.8, 4) is 0 Å². The number of nitrogens with zero attached hydrogens (tertiary/aromatic N) is 2. The van der Waals surface area contributed by atoms with E-state index in [9.17, 15) is 13.2 Å². The van der Waals surface area contributed by atoms with E-state index in [2.05, 4.69) is 15.6 Å². The van der Waals surface area contributed by atoms with E-state index in [4.69, 9.17) is 0 Å². The van der Waals surface area contributed by atoms with Crippen LogP contribution in [-0.2, 0) is 10.0 Å². The van der Waals surface area contributed by atoms with Crippen molar-refractivity contribution in [1.82, 2.24) is 19.9 Å². The summed E-state index contributed by atoms with van der Waals surface area (Å²) in [6.45, 7) is 1.49. The lowest BCUT2D eigenvalue weighted by molar-refractivity contribution is 0.0963. The number of pyridine rings is 1. The second kappa shape index (κ2) is 8.59. The Kier molecular flexibility index (Phi) is 6.71. The van der Waals surface area contributed by atoms with Gasteiger partial charge < -0.3 is 10.6 Å². The van der Waals surface area contributed by atoms with E-state index in [1.807, 2.05) is 6.07 Å². The summed E-state index contributed by atoms with van der Waals surface area (Å²) in [7, 11) is -2.14. The summed E-state index contributed by atoms with van der Waals surface area (Å²) in [5, 5.41) is 5.75. The van der Waals surface area contributed by atoms with Crippen molar-refractivity contribution in [2.24, 2.45) is 0 Å². The molecule has 2 heterocycles. The first-order chi connectivity index (χ1) is 12.0. The normalized spacial score (nSPS) is 18.0. The molecule has 0 bridgehead atoms.